The number of hydrogen-bond donors (Lipinski definition) is 0. The molecule has 0 saturated carbocycles. The number of nitrogens with zero attached hydrogens (tertiary/aromatic N) is 2. The molecule has 0 unspecified atom stereocenters. The van der Waals surface area contributed by atoms with E-state index < -0.39 is 11.9 Å². The maximum absolute atomic E-state index is 12.4. The van der Waals surface area contributed by atoms with Crippen LogP contribution in [0.25, 0.3) is 4.96 Å². The highest BCUT2D eigenvalue weighted by atomic mass is 32.1. The van der Waals surface area contributed by atoms with E-state index in [-0.39, 0.29) is 0 Å². The van der Waals surface area contributed by atoms with Gasteiger partial charge in [0, 0.05) is 16.8 Å². The number of fused-ring (bicyclic) bond motifs is 3. The van der Waals surface area contributed by atoms with E-state index in [0.717, 1.165) is 31.2 Å². The van der Waals surface area contributed by atoms with Crippen LogP contribution >= 0.6 is 11.3 Å². The van der Waals surface area contributed by atoms with Crippen molar-refractivity contribution in [3.05, 3.63) is 22.5 Å². The van der Waals surface area contributed by atoms with Gasteiger partial charge >= 0.3 is 6.18 Å². The van der Waals surface area contributed by atoms with Gasteiger partial charge in [0.05, 0.1) is 0 Å². The monoisotopic (exact) mass is 232 g/mol. The number of rotatable bonds is 0. The van der Waals surface area contributed by atoms with Gasteiger partial charge in [-0.3, -0.25) is 4.40 Å². The summed E-state index contributed by atoms with van der Waals surface area (Å²) in [4.78, 5) is 5.25. The fourth-order valence-electron chi connectivity index (χ4n) is 1.94. The Kier molecular flexibility index (Phi) is 1.69. The molecular formula is C9H7F3N2S. The molecule has 2 aromatic rings. The fourth-order valence-corrected chi connectivity index (χ4v) is 3.13. The van der Waals surface area contributed by atoms with Gasteiger partial charge in [0.1, 0.15) is 0 Å². The molecule has 0 amide bonds. The zero-order valence-corrected chi connectivity index (χ0v) is 8.45. The van der Waals surface area contributed by atoms with Crippen molar-refractivity contribution < 1.29 is 13.2 Å². The average Bonchev–Trinajstić information content (AvgIpc) is 2.68. The van der Waals surface area contributed by atoms with Crippen LogP contribution in [0.4, 0.5) is 13.2 Å². The van der Waals surface area contributed by atoms with E-state index in [9.17, 15) is 13.2 Å². The Morgan fingerprint density at radius 1 is 1.33 bits per heavy atom. The second-order valence-electron chi connectivity index (χ2n) is 3.60. The minimum absolute atomic E-state index is 0.465. The first-order valence-corrected chi connectivity index (χ1v) is 5.44. The van der Waals surface area contributed by atoms with Crippen LogP contribution in [-0.4, -0.2) is 9.38 Å². The molecule has 0 bridgehead atoms. The number of alkyl halides is 3. The summed E-state index contributed by atoms with van der Waals surface area (Å²) in [5.74, 6) is 0. The van der Waals surface area contributed by atoms with E-state index in [1.165, 1.54) is 16.2 Å². The lowest BCUT2D eigenvalue weighted by molar-refractivity contribution is -0.140. The first-order chi connectivity index (χ1) is 7.05. The van der Waals surface area contributed by atoms with Gasteiger partial charge in [0.15, 0.2) is 10.7 Å². The van der Waals surface area contributed by atoms with Gasteiger partial charge in [0.25, 0.3) is 0 Å². The maximum Gasteiger partial charge on any atom is 0.434 e. The Morgan fingerprint density at radius 3 is 2.87 bits per heavy atom. The molecule has 3 rings (SSSR count). The lowest BCUT2D eigenvalue weighted by Crippen LogP contribution is -2.04. The van der Waals surface area contributed by atoms with Crippen molar-refractivity contribution in [2.75, 3.05) is 0 Å². The molecular weight excluding hydrogens is 225 g/mol. The van der Waals surface area contributed by atoms with Crippen LogP contribution < -0.4 is 0 Å². The Hall–Kier alpha value is -1.04. The zero-order chi connectivity index (χ0) is 10.6. The third kappa shape index (κ3) is 1.27. The number of halogens is 3. The SMILES string of the molecule is FC(F)(F)c1cn2c3c(sc2n1)CCC3. The Bertz CT molecular complexity index is 523. The Balaban J connectivity index is 2.20. The minimum atomic E-state index is -4.34. The molecule has 2 aromatic heterocycles. The molecule has 0 spiro atoms. The summed E-state index contributed by atoms with van der Waals surface area (Å²) in [7, 11) is 0. The van der Waals surface area contributed by atoms with Gasteiger partial charge in [-0.2, -0.15) is 13.2 Å². The van der Waals surface area contributed by atoms with Gasteiger partial charge in [-0.1, -0.05) is 0 Å². The summed E-state index contributed by atoms with van der Waals surface area (Å²) in [5, 5.41) is 0. The largest absolute Gasteiger partial charge is 0.434 e. The van der Waals surface area contributed by atoms with Crippen molar-refractivity contribution in [2.24, 2.45) is 0 Å². The van der Waals surface area contributed by atoms with Crippen molar-refractivity contribution in [1.29, 1.82) is 0 Å². The van der Waals surface area contributed by atoms with Gasteiger partial charge in [-0.25, -0.2) is 4.98 Å². The molecule has 6 heteroatoms. The van der Waals surface area contributed by atoms with E-state index in [1.807, 2.05) is 0 Å². The quantitative estimate of drug-likeness (QED) is 0.682. The van der Waals surface area contributed by atoms with E-state index in [1.54, 1.807) is 4.40 Å². The second-order valence-corrected chi connectivity index (χ2v) is 4.66. The fraction of sp³-hybridized carbons (Fsp3) is 0.444. The highest BCUT2D eigenvalue weighted by Crippen LogP contribution is 2.34. The number of aryl methyl sites for hydroxylation is 2. The molecule has 1 aliphatic carbocycles. The topological polar surface area (TPSA) is 17.3 Å². The molecule has 0 radical (unpaired) electrons. The molecule has 15 heavy (non-hydrogen) atoms. The molecule has 2 nitrogen and oxygen atoms in total. The van der Waals surface area contributed by atoms with E-state index in [2.05, 4.69) is 4.98 Å². The van der Waals surface area contributed by atoms with Crippen molar-refractivity contribution in [1.82, 2.24) is 9.38 Å². The molecule has 0 saturated heterocycles. The van der Waals surface area contributed by atoms with Crippen LogP contribution in [0.2, 0.25) is 0 Å². The molecule has 1 aliphatic rings. The molecule has 80 valence electrons. The Morgan fingerprint density at radius 2 is 2.13 bits per heavy atom. The summed E-state index contributed by atoms with van der Waals surface area (Å²) < 4.78 is 38.7. The number of aromatic nitrogens is 2. The molecule has 0 aromatic carbocycles. The Labute approximate surface area is 87.4 Å². The minimum Gasteiger partial charge on any atom is -0.294 e. The normalized spacial score (nSPS) is 16.2. The van der Waals surface area contributed by atoms with Gasteiger partial charge in [-0.15, -0.1) is 11.3 Å². The van der Waals surface area contributed by atoms with Crippen LogP contribution in [-0.2, 0) is 19.0 Å². The van der Waals surface area contributed by atoms with Gasteiger partial charge in [0.2, 0.25) is 0 Å². The van der Waals surface area contributed by atoms with Crippen molar-refractivity contribution >= 4 is 16.3 Å². The van der Waals surface area contributed by atoms with Gasteiger partial charge in [-0.05, 0) is 19.3 Å². The molecule has 0 fully saturated rings. The molecule has 0 N–H and O–H groups in total. The highest BCUT2D eigenvalue weighted by molar-refractivity contribution is 7.17. The van der Waals surface area contributed by atoms with Crippen LogP contribution in [0.5, 0.6) is 0 Å². The summed E-state index contributed by atoms with van der Waals surface area (Å²) in [6.45, 7) is 0. The number of thiazole rings is 1. The van der Waals surface area contributed by atoms with Crippen molar-refractivity contribution in [3.63, 3.8) is 0 Å². The smallest absolute Gasteiger partial charge is 0.294 e. The first-order valence-electron chi connectivity index (χ1n) is 4.62. The average molecular weight is 232 g/mol. The predicted molar refractivity (Wildman–Crippen MR) is 50.1 cm³/mol. The molecule has 0 atom stereocenters. The molecule has 0 aliphatic heterocycles. The van der Waals surface area contributed by atoms with Crippen LogP contribution in [0.3, 0.4) is 0 Å². The molecule has 2 heterocycles. The highest BCUT2D eigenvalue weighted by Gasteiger charge is 2.35. The lowest BCUT2D eigenvalue weighted by Gasteiger charge is -1.99. The third-order valence-corrected chi connectivity index (χ3v) is 3.77. The lowest BCUT2D eigenvalue weighted by atomic mass is 10.4. The number of imidazole rings is 1. The van der Waals surface area contributed by atoms with Crippen molar-refractivity contribution in [2.45, 2.75) is 25.4 Å². The summed E-state index contributed by atoms with van der Waals surface area (Å²) in [6, 6.07) is 0. The van der Waals surface area contributed by atoms with E-state index >= 15 is 0 Å². The number of hydrogen-bond acceptors (Lipinski definition) is 2. The van der Waals surface area contributed by atoms with Gasteiger partial charge < -0.3 is 0 Å². The van der Waals surface area contributed by atoms with Crippen molar-refractivity contribution in [3.8, 4) is 0 Å². The zero-order valence-electron chi connectivity index (χ0n) is 7.64. The van der Waals surface area contributed by atoms with E-state index in [0.29, 0.717) is 4.96 Å². The van der Waals surface area contributed by atoms with Crippen LogP contribution in [0.1, 0.15) is 22.7 Å². The third-order valence-electron chi connectivity index (χ3n) is 2.61. The van der Waals surface area contributed by atoms with Crippen LogP contribution in [0, 0.1) is 0 Å². The maximum atomic E-state index is 12.4. The summed E-state index contributed by atoms with van der Waals surface area (Å²) in [6.07, 6.45) is -0.350. The van der Waals surface area contributed by atoms with E-state index in [4.69, 9.17) is 0 Å². The second kappa shape index (κ2) is 2.75. The standard InChI is InChI=1S/C9H7F3N2S/c10-9(11,12)7-4-14-5-2-1-3-6(5)15-8(14)13-7/h4H,1-3H2. The predicted octanol–water partition coefficient (Wildman–Crippen LogP) is 2.90. The first kappa shape index (κ1) is 9.21. The summed E-state index contributed by atoms with van der Waals surface area (Å²) >= 11 is 1.38. The summed E-state index contributed by atoms with van der Waals surface area (Å²) in [5.41, 5.74) is 0.224. The van der Waals surface area contributed by atoms with Crippen LogP contribution in [0.15, 0.2) is 6.20 Å².